The summed E-state index contributed by atoms with van der Waals surface area (Å²) < 4.78 is 0. The van der Waals surface area contributed by atoms with Gasteiger partial charge in [0.05, 0.1) is 0 Å². The van der Waals surface area contributed by atoms with Gasteiger partial charge < -0.3 is 5.11 Å². The van der Waals surface area contributed by atoms with E-state index in [-0.39, 0.29) is 0 Å². The number of phenols is 1. The van der Waals surface area contributed by atoms with Crippen molar-refractivity contribution in [1.82, 2.24) is 0 Å². The molecule has 0 saturated heterocycles. The van der Waals surface area contributed by atoms with Crippen LogP contribution in [0.4, 0.5) is 0 Å². The molecule has 0 aliphatic rings. The molecule has 2 aromatic carbocycles. The van der Waals surface area contributed by atoms with Gasteiger partial charge in [0.25, 0.3) is 0 Å². The predicted octanol–water partition coefficient (Wildman–Crippen LogP) is 3.98. The standard InChI is InChI=1S/C15H16O/c1-10-11(2)14(9-15(16)12(10)3)13-7-5-4-6-8-13/h4-9,16H,1-3H3. The van der Waals surface area contributed by atoms with Crippen LogP contribution in [-0.2, 0) is 0 Å². The van der Waals surface area contributed by atoms with E-state index in [0.717, 1.165) is 16.7 Å². The molecule has 0 radical (unpaired) electrons. The summed E-state index contributed by atoms with van der Waals surface area (Å²) >= 11 is 0. The molecule has 0 aliphatic heterocycles. The van der Waals surface area contributed by atoms with Gasteiger partial charge in [0.2, 0.25) is 0 Å². The quantitative estimate of drug-likeness (QED) is 0.758. The molecular formula is C15H16O. The monoisotopic (exact) mass is 212 g/mol. The van der Waals surface area contributed by atoms with E-state index in [1.54, 1.807) is 0 Å². The topological polar surface area (TPSA) is 20.2 Å². The van der Waals surface area contributed by atoms with Crippen LogP contribution in [0.3, 0.4) is 0 Å². The summed E-state index contributed by atoms with van der Waals surface area (Å²) in [5, 5.41) is 9.87. The second kappa shape index (κ2) is 4.01. The number of phenolic OH excluding ortho intramolecular Hbond substituents is 1. The molecule has 0 saturated carbocycles. The van der Waals surface area contributed by atoms with Crippen LogP contribution in [0.1, 0.15) is 16.7 Å². The zero-order chi connectivity index (χ0) is 11.7. The van der Waals surface area contributed by atoms with Crippen molar-refractivity contribution < 1.29 is 5.11 Å². The average molecular weight is 212 g/mol. The molecule has 0 unspecified atom stereocenters. The normalized spacial score (nSPS) is 10.4. The van der Waals surface area contributed by atoms with E-state index in [9.17, 15) is 5.11 Å². The molecule has 0 heterocycles. The zero-order valence-corrected chi connectivity index (χ0v) is 9.91. The summed E-state index contributed by atoms with van der Waals surface area (Å²) in [7, 11) is 0. The Morgan fingerprint density at radius 3 is 2.06 bits per heavy atom. The summed E-state index contributed by atoms with van der Waals surface area (Å²) in [6.07, 6.45) is 0. The predicted molar refractivity (Wildman–Crippen MR) is 67.8 cm³/mol. The third kappa shape index (κ3) is 1.69. The minimum atomic E-state index is 0.377. The van der Waals surface area contributed by atoms with Crippen molar-refractivity contribution in [2.45, 2.75) is 20.8 Å². The largest absolute Gasteiger partial charge is 0.508 e. The smallest absolute Gasteiger partial charge is 0.119 e. The summed E-state index contributed by atoms with van der Waals surface area (Å²) in [5.74, 6) is 0.377. The minimum absolute atomic E-state index is 0.377. The lowest BCUT2D eigenvalue weighted by atomic mass is 9.93. The molecule has 2 rings (SSSR count). The van der Waals surface area contributed by atoms with E-state index in [4.69, 9.17) is 0 Å². The average Bonchev–Trinajstić information content (AvgIpc) is 2.32. The van der Waals surface area contributed by atoms with E-state index in [1.807, 2.05) is 31.2 Å². The summed E-state index contributed by atoms with van der Waals surface area (Å²) in [4.78, 5) is 0. The molecule has 0 fully saturated rings. The maximum atomic E-state index is 9.87. The van der Waals surface area contributed by atoms with Gasteiger partial charge in [-0.25, -0.2) is 0 Å². The number of benzene rings is 2. The summed E-state index contributed by atoms with van der Waals surface area (Å²) in [6, 6.07) is 12.0. The molecule has 1 heteroatoms. The lowest BCUT2D eigenvalue weighted by Crippen LogP contribution is -1.91. The van der Waals surface area contributed by atoms with Crippen molar-refractivity contribution in [1.29, 1.82) is 0 Å². The van der Waals surface area contributed by atoms with Gasteiger partial charge in [-0.05, 0) is 54.7 Å². The van der Waals surface area contributed by atoms with Crippen molar-refractivity contribution >= 4 is 0 Å². The molecule has 2 aromatic rings. The molecule has 16 heavy (non-hydrogen) atoms. The van der Waals surface area contributed by atoms with E-state index in [1.165, 1.54) is 11.1 Å². The first-order valence-corrected chi connectivity index (χ1v) is 5.46. The zero-order valence-electron chi connectivity index (χ0n) is 9.91. The maximum absolute atomic E-state index is 9.87. The molecule has 1 nitrogen and oxygen atoms in total. The third-order valence-electron chi connectivity index (χ3n) is 3.28. The third-order valence-corrected chi connectivity index (χ3v) is 3.28. The van der Waals surface area contributed by atoms with Crippen molar-refractivity contribution in [2.75, 3.05) is 0 Å². The van der Waals surface area contributed by atoms with Crippen LogP contribution in [0.5, 0.6) is 5.75 Å². The van der Waals surface area contributed by atoms with E-state index < -0.39 is 0 Å². The number of hydrogen-bond acceptors (Lipinski definition) is 1. The number of rotatable bonds is 1. The highest BCUT2D eigenvalue weighted by molar-refractivity contribution is 5.71. The van der Waals surface area contributed by atoms with Crippen LogP contribution in [0.25, 0.3) is 11.1 Å². The van der Waals surface area contributed by atoms with Crippen LogP contribution in [0.15, 0.2) is 36.4 Å². The Morgan fingerprint density at radius 2 is 1.44 bits per heavy atom. The van der Waals surface area contributed by atoms with Crippen molar-refractivity contribution in [3.63, 3.8) is 0 Å². The Bertz CT molecular complexity index is 513. The fraction of sp³-hybridized carbons (Fsp3) is 0.200. The van der Waals surface area contributed by atoms with Crippen LogP contribution in [-0.4, -0.2) is 5.11 Å². The molecule has 0 bridgehead atoms. The van der Waals surface area contributed by atoms with Gasteiger partial charge in [-0.2, -0.15) is 0 Å². The lowest BCUT2D eigenvalue weighted by molar-refractivity contribution is 0.470. The minimum Gasteiger partial charge on any atom is -0.508 e. The van der Waals surface area contributed by atoms with Crippen LogP contribution in [0, 0.1) is 20.8 Å². The highest BCUT2D eigenvalue weighted by atomic mass is 16.3. The van der Waals surface area contributed by atoms with Crippen LogP contribution < -0.4 is 0 Å². The fourth-order valence-corrected chi connectivity index (χ4v) is 1.95. The molecule has 0 aromatic heterocycles. The molecule has 0 aliphatic carbocycles. The first-order chi connectivity index (χ1) is 7.61. The highest BCUT2D eigenvalue weighted by Gasteiger charge is 2.09. The first kappa shape index (κ1) is 10.7. The van der Waals surface area contributed by atoms with Crippen LogP contribution >= 0.6 is 0 Å². The Hall–Kier alpha value is -1.76. The first-order valence-electron chi connectivity index (χ1n) is 5.46. The molecule has 82 valence electrons. The van der Waals surface area contributed by atoms with Crippen LogP contribution in [0.2, 0.25) is 0 Å². The van der Waals surface area contributed by atoms with Gasteiger partial charge in [-0.15, -0.1) is 0 Å². The van der Waals surface area contributed by atoms with E-state index >= 15 is 0 Å². The Morgan fingerprint density at radius 1 is 0.812 bits per heavy atom. The number of hydrogen-bond donors (Lipinski definition) is 1. The summed E-state index contributed by atoms with van der Waals surface area (Å²) in [5.41, 5.74) is 5.64. The highest BCUT2D eigenvalue weighted by Crippen LogP contribution is 2.32. The molecule has 0 atom stereocenters. The molecular weight excluding hydrogens is 196 g/mol. The van der Waals surface area contributed by atoms with Crippen molar-refractivity contribution in [2.24, 2.45) is 0 Å². The van der Waals surface area contributed by atoms with Crippen molar-refractivity contribution in [3.05, 3.63) is 53.1 Å². The van der Waals surface area contributed by atoms with E-state index in [2.05, 4.69) is 26.0 Å². The van der Waals surface area contributed by atoms with Gasteiger partial charge in [0, 0.05) is 0 Å². The maximum Gasteiger partial charge on any atom is 0.119 e. The Balaban J connectivity index is 2.68. The van der Waals surface area contributed by atoms with Gasteiger partial charge in [0.15, 0.2) is 0 Å². The Kier molecular flexibility index (Phi) is 2.69. The summed E-state index contributed by atoms with van der Waals surface area (Å²) in [6.45, 7) is 6.10. The Labute approximate surface area is 96.4 Å². The lowest BCUT2D eigenvalue weighted by Gasteiger charge is -2.13. The molecule has 0 amide bonds. The molecule has 1 N–H and O–H groups in total. The van der Waals surface area contributed by atoms with Crippen molar-refractivity contribution in [3.8, 4) is 16.9 Å². The van der Waals surface area contributed by atoms with Gasteiger partial charge in [-0.1, -0.05) is 30.3 Å². The second-order valence-corrected chi connectivity index (χ2v) is 4.18. The van der Waals surface area contributed by atoms with E-state index in [0.29, 0.717) is 5.75 Å². The fourth-order valence-electron chi connectivity index (χ4n) is 1.95. The second-order valence-electron chi connectivity index (χ2n) is 4.18. The molecule has 0 spiro atoms. The van der Waals surface area contributed by atoms with Gasteiger partial charge in [0.1, 0.15) is 5.75 Å². The number of aromatic hydroxyl groups is 1. The van der Waals surface area contributed by atoms with Gasteiger partial charge >= 0.3 is 0 Å². The SMILES string of the molecule is Cc1c(O)cc(-c2ccccc2)c(C)c1C. The van der Waals surface area contributed by atoms with Gasteiger partial charge in [-0.3, -0.25) is 0 Å².